The minimum absolute atomic E-state index is 0.00532. The number of rotatable bonds is 7. The summed E-state index contributed by atoms with van der Waals surface area (Å²) >= 11 is 2.53. The summed E-state index contributed by atoms with van der Waals surface area (Å²) in [6, 6.07) is 17.2. The van der Waals surface area contributed by atoms with E-state index >= 15 is 0 Å². The number of amides is 1. The number of benzene rings is 2. The molecule has 1 aliphatic carbocycles. The summed E-state index contributed by atoms with van der Waals surface area (Å²) in [6.07, 6.45) is 1.71. The van der Waals surface area contributed by atoms with Crippen LogP contribution in [0, 0.1) is 18.3 Å². The van der Waals surface area contributed by atoms with Crippen molar-refractivity contribution in [1.29, 1.82) is 5.26 Å². The number of thioether (sulfide) groups is 1. The molecule has 0 saturated heterocycles. The molecule has 1 amide bonds. The molecule has 1 unspecified atom stereocenters. The molecule has 11 heteroatoms. The second kappa shape index (κ2) is 11.3. The molecule has 0 spiro atoms. The van der Waals surface area contributed by atoms with Crippen LogP contribution in [-0.4, -0.2) is 34.8 Å². The molecule has 0 bridgehead atoms. The number of nitrogens with zero attached hydrogens (tertiary/aromatic N) is 4. The highest BCUT2D eigenvalue weighted by atomic mass is 32.2. The summed E-state index contributed by atoms with van der Waals surface area (Å²) in [5, 5.41) is 22.1. The highest BCUT2D eigenvalue weighted by Crippen LogP contribution is 2.47. The van der Waals surface area contributed by atoms with Gasteiger partial charge in [0.25, 0.3) is 0 Å². The number of allylic oxidation sites excluding steroid dienone is 3. The van der Waals surface area contributed by atoms with Crippen molar-refractivity contribution >= 4 is 45.6 Å². The standard InChI is InChI=1S/C28H26N6O3S2/c1-16-5-3-6-18(13-16)31-23(36)15-38-28-33-32-27(39-28)34-21-7-4-8-22(35)25(21)24(20(14-29)26(34)30)17-9-11-19(37-2)12-10-17/h3,5-6,9-13,24H,4,7-8,15,30H2,1-2H3,(H,31,36). The Kier molecular flexibility index (Phi) is 7.67. The zero-order chi connectivity index (χ0) is 27.5. The first-order valence-electron chi connectivity index (χ1n) is 12.3. The number of ether oxygens (including phenoxy) is 1. The van der Waals surface area contributed by atoms with Crippen LogP contribution in [0.3, 0.4) is 0 Å². The van der Waals surface area contributed by atoms with Gasteiger partial charge in [0.15, 0.2) is 10.1 Å². The molecule has 39 heavy (non-hydrogen) atoms. The fourth-order valence-corrected chi connectivity index (χ4v) is 6.51. The second-order valence-corrected chi connectivity index (χ2v) is 11.3. The fraction of sp³-hybridized carbons (Fsp3) is 0.250. The average molecular weight is 559 g/mol. The van der Waals surface area contributed by atoms with Gasteiger partial charge in [-0.25, -0.2) is 0 Å². The van der Waals surface area contributed by atoms with Gasteiger partial charge in [-0.05, 0) is 55.2 Å². The number of carbonyl (C=O) groups excluding carboxylic acids is 2. The molecule has 5 rings (SSSR count). The third-order valence-corrected chi connectivity index (χ3v) is 8.62. The number of carbonyl (C=O) groups is 2. The summed E-state index contributed by atoms with van der Waals surface area (Å²) < 4.78 is 5.86. The molecule has 2 heterocycles. The van der Waals surface area contributed by atoms with Gasteiger partial charge in [0, 0.05) is 23.4 Å². The number of aryl methyl sites for hydroxylation is 1. The maximum Gasteiger partial charge on any atom is 0.234 e. The van der Waals surface area contributed by atoms with E-state index in [1.807, 2.05) is 55.5 Å². The van der Waals surface area contributed by atoms with Gasteiger partial charge in [0.1, 0.15) is 11.6 Å². The van der Waals surface area contributed by atoms with E-state index in [1.165, 1.54) is 23.1 Å². The number of Topliss-reactive ketones (excluding diaryl/α,β-unsaturated/α-hetero) is 1. The van der Waals surface area contributed by atoms with Crippen molar-refractivity contribution < 1.29 is 14.3 Å². The Labute approximate surface area is 234 Å². The lowest BCUT2D eigenvalue weighted by Gasteiger charge is -2.38. The first kappa shape index (κ1) is 26.5. The predicted molar refractivity (Wildman–Crippen MR) is 151 cm³/mol. The van der Waals surface area contributed by atoms with Crippen LogP contribution in [-0.2, 0) is 9.59 Å². The van der Waals surface area contributed by atoms with Gasteiger partial charge in [-0.1, -0.05) is 47.4 Å². The lowest BCUT2D eigenvalue weighted by molar-refractivity contribution is -0.116. The minimum Gasteiger partial charge on any atom is -0.497 e. The van der Waals surface area contributed by atoms with E-state index in [1.54, 1.807) is 12.0 Å². The van der Waals surface area contributed by atoms with E-state index in [-0.39, 0.29) is 28.8 Å². The highest BCUT2D eigenvalue weighted by molar-refractivity contribution is 8.01. The first-order valence-corrected chi connectivity index (χ1v) is 14.1. The fourth-order valence-electron chi connectivity index (χ4n) is 4.83. The number of hydrogen-bond acceptors (Lipinski definition) is 10. The maximum atomic E-state index is 13.3. The third kappa shape index (κ3) is 5.39. The van der Waals surface area contributed by atoms with E-state index in [0.29, 0.717) is 40.1 Å². The van der Waals surface area contributed by atoms with E-state index < -0.39 is 5.92 Å². The zero-order valence-corrected chi connectivity index (χ0v) is 23.1. The Morgan fingerprint density at radius 1 is 1.26 bits per heavy atom. The van der Waals surface area contributed by atoms with Crippen LogP contribution in [0.4, 0.5) is 10.8 Å². The topological polar surface area (TPSA) is 134 Å². The Hall–Kier alpha value is -4.14. The molecule has 198 valence electrons. The van der Waals surface area contributed by atoms with Gasteiger partial charge in [-0.15, -0.1) is 10.2 Å². The van der Waals surface area contributed by atoms with Crippen molar-refractivity contribution in [2.24, 2.45) is 5.73 Å². The van der Waals surface area contributed by atoms with Crippen molar-refractivity contribution in [3.05, 3.63) is 82.3 Å². The lowest BCUT2D eigenvalue weighted by Crippen LogP contribution is -2.38. The Bertz CT molecular complexity index is 1540. The van der Waals surface area contributed by atoms with Crippen LogP contribution in [0.1, 0.15) is 36.3 Å². The number of aromatic nitrogens is 2. The number of hydrogen-bond donors (Lipinski definition) is 2. The summed E-state index contributed by atoms with van der Waals surface area (Å²) in [6.45, 7) is 1.96. The van der Waals surface area contributed by atoms with Gasteiger partial charge in [-0.2, -0.15) is 5.26 Å². The number of nitrogens with one attached hydrogen (secondary N) is 1. The Morgan fingerprint density at radius 3 is 2.77 bits per heavy atom. The lowest BCUT2D eigenvalue weighted by atomic mass is 9.76. The quantitative estimate of drug-likeness (QED) is 0.389. The number of methoxy groups -OCH3 is 1. The van der Waals surface area contributed by atoms with Crippen LogP contribution < -0.4 is 20.7 Å². The molecular weight excluding hydrogens is 532 g/mol. The van der Waals surface area contributed by atoms with Crippen molar-refractivity contribution in [2.75, 3.05) is 23.1 Å². The van der Waals surface area contributed by atoms with E-state index in [2.05, 4.69) is 21.6 Å². The van der Waals surface area contributed by atoms with Crippen LogP contribution >= 0.6 is 23.1 Å². The smallest absolute Gasteiger partial charge is 0.234 e. The van der Waals surface area contributed by atoms with Gasteiger partial charge in [-0.3, -0.25) is 14.5 Å². The van der Waals surface area contributed by atoms with Gasteiger partial charge in [0.2, 0.25) is 11.0 Å². The predicted octanol–water partition coefficient (Wildman–Crippen LogP) is 4.89. The van der Waals surface area contributed by atoms with Gasteiger partial charge < -0.3 is 15.8 Å². The minimum atomic E-state index is -0.563. The normalized spacial score (nSPS) is 17.1. The Morgan fingerprint density at radius 2 is 2.05 bits per heavy atom. The average Bonchev–Trinajstić information content (AvgIpc) is 3.40. The SMILES string of the molecule is COc1ccc(C2C(C#N)=C(N)N(c3nnc(SCC(=O)Nc4cccc(C)c4)s3)C3=C2C(=O)CCC3)cc1. The van der Waals surface area contributed by atoms with E-state index in [0.717, 1.165) is 22.5 Å². The molecule has 3 N–H and O–H groups in total. The molecule has 9 nitrogen and oxygen atoms in total. The molecule has 0 fully saturated rings. The summed E-state index contributed by atoms with van der Waals surface area (Å²) in [5.74, 6) is 0.348. The summed E-state index contributed by atoms with van der Waals surface area (Å²) in [4.78, 5) is 27.4. The number of ketones is 1. The van der Waals surface area contributed by atoms with Crippen LogP contribution in [0.25, 0.3) is 0 Å². The van der Waals surface area contributed by atoms with Crippen molar-refractivity contribution in [3.63, 3.8) is 0 Å². The maximum absolute atomic E-state index is 13.3. The molecule has 0 radical (unpaired) electrons. The molecule has 1 atom stereocenters. The van der Waals surface area contributed by atoms with Crippen molar-refractivity contribution in [2.45, 2.75) is 36.4 Å². The monoisotopic (exact) mass is 558 g/mol. The van der Waals surface area contributed by atoms with Crippen molar-refractivity contribution in [1.82, 2.24) is 10.2 Å². The van der Waals surface area contributed by atoms with Crippen LogP contribution in [0.15, 0.2) is 75.5 Å². The van der Waals surface area contributed by atoms with Crippen molar-refractivity contribution in [3.8, 4) is 11.8 Å². The third-order valence-electron chi connectivity index (χ3n) is 6.58. The van der Waals surface area contributed by atoms with E-state index in [9.17, 15) is 14.9 Å². The number of nitrogens with two attached hydrogens (primary N) is 1. The number of nitriles is 1. The highest BCUT2D eigenvalue weighted by Gasteiger charge is 2.41. The second-order valence-electron chi connectivity index (χ2n) is 9.15. The van der Waals surface area contributed by atoms with Crippen LogP contribution in [0.5, 0.6) is 5.75 Å². The molecule has 3 aromatic rings. The summed E-state index contributed by atoms with van der Waals surface area (Å²) in [7, 11) is 1.59. The molecule has 2 aliphatic rings. The van der Waals surface area contributed by atoms with E-state index in [4.69, 9.17) is 10.5 Å². The zero-order valence-electron chi connectivity index (χ0n) is 21.4. The van der Waals surface area contributed by atoms with Crippen LogP contribution in [0.2, 0.25) is 0 Å². The van der Waals surface area contributed by atoms with Gasteiger partial charge in [0.05, 0.1) is 30.4 Å². The number of anilines is 2. The summed E-state index contributed by atoms with van der Waals surface area (Å²) in [5.41, 5.74) is 10.8. The van der Waals surface area contributed by atoms with Gasteiger partial charge >= 0.3 is 0 Å². The Balaban J connectivity index is 1.42. The molecule has 2 aromatic carbocycles. The molecule has 0 saturated carbocycles. The molecule has 1 aromatic heterocycles. The molecular formula is C28H26N6O3S2. The first-order chi connectivity index (χ1) is 18.9. The largest absolute Gasteiger partial charge is 0.497 e. The molecule has 1 aliphatic heterocycles.